The SMILES string of the molecule is Cc1ccc2ncc(N(C)C(=O)OC(C)C)c(C)c2c1. The van der Waals surface area contributed by atoms with E-state index in [4.69, 9.17) is 4.74 Å². The maximum atomic E-state index is 12.0. The van der Waals surface area contributed by atoms with Gasteiger partial charge in [-0.15, -0.1) is 0 Å². The average molecular weight is 272 g/mol. The Labute approximate surface area is 119 Å². The zero-order chi connectivity index (χ0) is 14.9. The molecule has 0 N–H and O–H groups in total. The number of benzene rings is 1. The molecule has 0 atom stereocenters. The van der Waals surface area contributed by atoms with Crippen LogP contribution in [0.15, 0.2) is 24.4 Å². The van der Waals surface area contributed by atoms with E-state index in [1.54, 1.807) is 13.2 Å². The van der Waals surface area contributed by atoms with Gasteiger partial charge in [0, 0.05) is 12.4 Å². The topological polar surface area (TPSA) is 42.4 Å². The van der Waals surface area contributed by atoms with E-state index < -0.39 is 0 Å². The maximum Gasteiger partial charge on any atom is 0.414 e. The Kier molecular flexibility index (Phi) is 3.93. The predicted molar refractivity (Wildman–Crippen MR) is 81.2 cm³/mol. The van der Waals surface area contributed by atoms with Crippen molar-refractivity contribution in [1.29, 1.82) is 0 Å². The fourth-order valence-corrected chi connectivity index (χ4v) is 2.15. The lowest BCUT2D eigenvalue weighted by Crippen LogP contribution is -2.29. The number of rotatable bonds is 2. The first-order valence-corrected chi connectivity index (χ1v) is 6.70. The van der Waals surface area contributed by atoms with Gasteiger partial charge in [0.15, 0.2) is 0 Å². The van der Waals surface area contributed by atoms with Crippen LogP contribution < -0.4 is 4.90 Å². The van der Waals surface area contributed by atoms with Gasteiger partial charge in [-0.2, -0.15) is 0 Å². The van der Waals surface area contributed by atoms with Crippen LogP contribution >= 0.6 is 0 Å². The molecule has 0 saturated heterocycles. The molecular weight excluding hydrogens is 252 g/mol. The summed E-state index contributed by atoms with van der Waals surface area (Å²) in [6.07, 6.45) is 1.21. The number of amides is 1. The Hall–Kier alpha value is -2.10. The molecule has 0 bridgehead atoms. The third-order valence-electron chi connectivity index (χ3n) is 3.24. The van der Waals surface area contributed by atoms with Crippen LogP contribution in [0.2, 0.25) is 0 Å². The summed E-state index contributed by atoms with van der Waals surface area (Å²) >= 11 is 0. The van der Waals surface area contributed by atoms with Gasteiger partial charge in [-0.1, -0.05) is 11.6 Å². The number of carbonyl (C=O) groups excluding carboxylic acids is 1. The molecule has 0 aliphatic rings. The van der Waals surface area contributed by atoms with Crippen molar-refractivity contribution in [1.82, 2.24) is 4.98 Å². The molecule has 106 valence electrons. The Morgan fingerprint density at radius 3 is 2.65 bits per heavy atom. The summed E-state index contributed by atoms with van der Waals surface area (Å²) in [4.78, 5) is 17.9. The molecule has 0 aliphatic carbocycles. The molecular formula is C16H20N2O2. The van der Waals surface area contributed by atoms with Gasteiger partial charge < -0.3 is 4.74 Å². The standard InChI is InChI=1S/C16H20N2O2/c1-10(2)20-16(19)18(5)15-9-17-14-7-6-11(3)8-13(14)12(15)4/h6-10H,1-5H3. The van der Waals surface area contributed by atoms with Crippen LogP contribution in [0, 0.1) is 13.8 Å². The van der Waals surface area contributed by atoms with E-state index >= 15 is 0 Å². The number of ether oxygens (including phenoxy) is 1. The average Bonchev–Trinajstić information content (AvgIpc) is 2.38. The van der Waals surface area contributed by atoms with E-state index in [0.717, 1.165) is 22.2 Å². The quantitative estimate of drug-likeness (QED) is 0.834. The summed E-state index contributed by atoms with van der Waals surface area (Å²) < 4.78 is 5.22. The van der Waals surface area contributed by atoms with Crippen LogP contribution in [-0.4, -0.2) is 24.2 Å². The number of fused-ring (bicyclic) bond motifs is 1. The highest BCUT2D eigenvalue weighted by molar-refractivity contribution is 5.93. The highest BCUT2D eigenvalue weighted by Crippen LogP contribution is 2.27. The van der Waals surface area contributed by atoms with E-state index in [9.17, 15) is 4.79 Å². The van der Waals surface area contributed by atoms with E-state index in [1.807, 2.05) is 39.8 Å². The van der Waals surface area contributed by atoms with E-state index in [0.29, 0.717) is 0 Å². The van der Waals surface area contributed by atoms with Gasteiger partial charge in [0.2, 0.25) is 0 Å². The van der Waals surface area contributed by atoms with Crippen LogP contribution in [0.4, 0.5) is 10.5 Å². The van der Waals surface area contributed by atoms with Crippen molar-refractivity contribution in [2.24, 2.45) is 0 Å². The Morgan fingerprint density at radius 2 is 2.00 bits per heavy atom. The minimum Gasteiger partial charge on any atom is -0.446 e. The predicted octanol–water partition coefficient (Wildman–Crippen LogP) is 3.83. The monoisotopic (exact) mass is 272 g/mol. The van der Waals surface area contributed by atoms with E-state index in [-0.39, 0.29) is 12.2 Å². The number of aryl methyl sites for hydroxylation is 2. The van der Waals surface area contributed by atoms with Crippen molar-refractivity contribution in [3.63, 3.8) is 0 Å². The smallest absolute Gasteiger partial charge is 0.414 e. The summed E-state index contributed by atoms with van der Waals surface area (Å²) in [5.74, 6) is 0. The molecule has 1 amide bonds. The lowest BCUT2D eigenvalue weighted by molar-refractivity contribution is 0.124. The van der Waals surface area contributed by atoms with Gasteiger partial charge in [-0.25, -0.2) is 4.79 Å². The summed E-state index contributed by atoms with van der Waals surface area (Å²) in [6.45, 7) is 7.71. The van der Waals surface area contributed by atoms with Crippen LogP contribution in [0.5, 0.6) is 0 Å². The van der Waals surface area contributed by atoms with E-state index in [1.165, 1.54) is 10.5 Å². The van der Waals surface area contributed by atoms with Crippen LogP contribution in [0.3, 0.4) is 0 Å². The molecule has 4 nitrogen and oxygen atoms in total. The van der Waals surface area contributed by atoms with Crippen LogP contribution in [0.25, 0.3) is 10.9 Å². The molecule has 0 spiro atoms. The minimum atomic E-state index is -0.364. The van der Waals surface area contributed by atoms with Gasteiger partial charge in [-0.3, -0.25) is 9.88 Å². The van der Waals surface area contributed by atoms with Crippen molar-refractivity contribution in [2.75, 3.05) is 11.9 Å². The second-order valence-corrected chi connectivity index (χ2v) is 5.28. The van der Waals surface area contributed by atoms with Crippen molar-refractivity contribution in [2.45, 2.75) is 33.8 Å². The Balaban J connectivity index is 2.44. The fourth-order valence-electron chi connectivity index (χ4n) is 2.15. The molecule has 0 aliphatic heterocycles. The lowest BCUT2D eigenvalue weighted by Gasteiger charge is -2.21. The molecule has 2 aromatic rings. The molecule has 0 fully saturated rings. The molecule has 0 radical (unpaired) electrons. The van der Waals surface area contributed by atoms with Gasteiger partial charge in [-0.05, 0) is 45.4 Å². The first kappa shape index (κ1) is 14.3. The third kappa shape index (κ3) is 2.74. The number of aromatic nitrogens is 1. The number of nitrogens with zero attached hydrogens (tertiary/aromatic N) is 2. The van der Waals surface area contributed by atoms with E-state index in [2.05, 4.69) is 11.1 Å². The van der Waals surface area contributed by atoms with Crippen LogP contribution in [0.1, 0.15) is 25.0 Å². The fraction of sp³-hybridized carbons (Fsp3) is 0.375. The van der Waals surface area contributed by atoms with Crippen molar-refractivity contribution in [3.8, 4) is 0 Å². The number of pyridine rings is 1. The molecule has 1 heterocycles. The third-order valence-corrected chi connectivity index (χ3v) is 3.24. The molecule has 1 aromatic carbocycles. The molecule has 2 rings (SSSR count). The number of hydrogen-bond donors (Lipinski definition) is 0. The van der Waals surface area contributed by atoms with Gasteiger partial charge in [0.1, 0.15) is 0 Å². The molecule has 0 saturated carbocycles. The molecule has 0 unspecified atom stereocenters. The minimum absolute atomic E-state index is 0.138. The lowest BCUT2D eigenvalue weighted by atomic mass is 10.1. The Morgan fingerprint density at radius 1 is 1.30 bits per heavy atom. The highest BCUT2D eigenvalue weighted by Gasteiger charge is 2.17. The number of hydrogen-bond acceptors (Lipinski definition) is 3. The highest BCUT2D eigenvalue weighted by atomic mass is 16.6. The van der Waals surface area contributed by atoms with Gasteiger partial charge in [0.25, 0.3) is 0 Å². The van der Waals surface area contributed by atoms with Crippen LogP contribution in [-0.2, 0) is 4.74 Å². The first-order chi connectivity index (χ1) is 9.40. The largest absolute Gasteiger partial charge is 0.446 e. The second kappa shape index (κ2) is 5.49. The summed E-state index contributed by atoms with van der Waals surface area (Å²) in [7, 11) is 1.70. The van der Waals surface area contributed by atoms with Gasteiger partial charge in [0.05, 0.1) is 23.5 Å². The summed E-state index contributed by atoms with van der Waals surface area (Å²) in [5, 5.41) is 1.06. The maximum absolute atomic E-state index is 12.0. The summed E-state index contributed by atoms with van der Waals surface area (Å²) in [5.41, 5.74) is 3.91. The van der Waals surface area contributed by atoms with Crippen molar-refractivity contribution >= 4 is 22.7 Å². The Bertz CT molecular complexity index is 650. The molecule has 20 heavy (non-hydrogen) atoms. The number of carbonyl (C=O) groups is 1. The second-order valence-electron chi connectivity index (χ2n) is 5.28. The number of anilines is 1. The normalized spacial score (nSPS) is 10.9. The molecule has 1 aromatic heterocycles. The zero-order valence-electron chi connectivity index (χ0n) is 12.6. The van der Waals surface area contributed by atoms with Crippen molar-refractivity contribution in [3.05, 3.63) is 35.5 Å². The zero-order valence-corrected chi connectivity index (χ0v) is 12.6. The van der Waals surface area contributed by atoms with Crippen molar-refractivity contribution < 1.29 is 9.53 Å². The molecule has 4 heteroatoms. The first-order valence-electron chi connectivity index (χ1n) is 6.70. The van der Waals surface area contributed by atoms with Gasteiger partial charge >= 0.3 is 6.09 Å². The summed E-state index contributed by atoms with van der Waals surface area (Å²) in [6, 6.07) is 6.11.